The van der Waals surface area contributed by atoms with Crippen LogP contribution in [0.4, 0.5) is 0 Å². The monoisotopic (exact) mass is 235 g/mol. The van der Waals surface area contributed by atoms with E-state index in [1.807, 2.05) is 0 Å². The highest BCUT2D eigenvalue weighted by molar-refractivity contribution is 9.10. The molecule has 1 aromatic heterocycles. The summed E-state index contributed by atoms with van der Waals surface area (Å²) in [6, 6.07) is 0. The van der Waals surface area contributed by atoms with E-state index in [0.717, 1.165) is 11.0 Å². The molecule has 2 nitrogen and oxygen atoms in total. The van der Waals surface area contributed by atoms with Gasteiger partial charge >= 0.3 is 0 Å². The lowest BCUT2D eigenvalue weighted by molar-refractivity contribution is 0.434. The van der Waals surface area contributed by atoms with Crippen LogP contribution in [-0.4, -0.2) is 10.7 Å². The molecule has 1 heterocycles. The average molecular weight is 236 g/mol. The normalized spacial score (nSPS) is 10.4. The number of halogens is 1. The van der Waals surface area contributed by atoms with Crippen LogP contribution >= 0.6 is 27.7 Å². The molecule has 0 saturated heterocycles. The van der Waals surface area contributed by atoms with E-state index in [0.29, 0.717) is 4.67 Å². The molecule has 0 N–H and O–H groups in total. The second-order valence-corrected chi connectivity index (χ2v) is 3.96. The second-order valence-electron chi connectivity index (χ2n) is 2.13. The minimum Gasteiger partial charge on any atom is -0.424 e. The number of thioether (sulfide) groups is 1. The van der Waals surface area contributed by atoms with Crippen molar-refractivity contribution in [1.82, 2.24) is 4.98 Å². The van der Waals surface area contributed by atoms with Gasteiger partial charge < -0.3 is 4.42 Å². The predicted molar refractivity (Wildman–Crippen MR) is 49.8 cm³/mol. The summed E-state index contributed by atoms with van der Waals surface area (Å²) in [6.45, 7) is 2.17. The van der Waals surface area contributed by atoms with E-state index in [1.54, 1.807) is 18.0 Å². The van der Waals surface area contributed by atoms with Gasteiger partial charge in [0.05, 0.1) is 6.20 Å². The maximum atomic E-state index is 5.20. The van der Waals surface area contributed by atoms with Gasteiger partial charge in [0.25, 0.3) is 5.22 Å². The molecule has 0 aliphatic rings. The highest BCUT2D eigenvalue weighted by atomic mass is 79.9. The van der Waals surface area contributed by atoms with Crippen molar-refractivity contribution in [2.75, 3.05) is 5.75 Å². The van der Waals surface area contributed by atoms with E-state index in [-0.39, 0.29) is 0 Å². The van der Waals surface area contributed by atoms with E-state index < -0.39 is 0 Å². The van der Waals surface area contributed by atoms with Crippen molar-refractivity contribution in [3.8, 4) is 0 Å². The summed E-state index contributed by atoms with van der Waals surface area (Å²) in [5.41, 5.74) is 0. The van der Waals surface area contributed by atoms with Crippen molar-refractivity contribution in [3.05, 3.63) is 10.9 Å². The Morgan fingerprint density at radius 2 is 2.55 bits per heavy atom. The molecule has 0 atom stereocenters. The Morgan fingerprint density at radius 1 is 1.73 bits per heavy atom. The molecule has 0 radical (unpaired) electrons. The van der Waals surface area contributed by atoms with Gasteiger partial charge in [0.15, 0.2) is 4.67 Å². The van der Waals surface area contributed by atoms with Crippen molar-refractivity contribution in [1.29, 1.82) is 0 Å². The molecule has 0 saturated carbocycles. The van der Waals surface area contributed by atoms with E-state index >= 15 is 0 Å². The third-order valence-electron chi connectivity index (χ3n) is 1.18. The number of aromatic nitrogens is 1. The Labute approximate surface area is 78.9 Å². The molecule has 1 aromatic rings. The lowest BCUT2D eigenvalue weighted by Gasteiger charge is -1.91. The molecule has 4 heteroatoms. The van der Waals surface area contributed by atoms with Gasteiger partial charge in [-0.15, -0.1) is 0 Å². The maximum Gasteiger partial charge on any atom is 0.256 e. The summed E-state index contributed by atoms with van der Waals surface area (Å²) in [5.74, 6) is 1.09. The summed E-state index contributed by atoms with van der Waals surface area (Å²) in [5, 5.41) is 0.755. The van der Waals surface area contributed by atoms with E-state index in [1.165, 1.54) is 12.8 Å². The van der Waals surface area contributed by atoms with Crippen molar-refractivity contribution in [2.45, 2.75) is 25.0 Å². The minimum absolute atomic E-state index is 0.705. The first kappa shape index (κ1) is 9.13. The SMILES string of the molecule is CCCCSc1ncc(Br)o1. The van der Waals surface area contributed by atoms with Gasteiger partial charge in [0, 0.05) is 5.75 Å². The maximum absolute atomic E-state index is 5.20. The fourth-order valence-corrected chi connectivity index (χ4v) is 1.86. The van der Waals surface area contributed by atoms with Crippen molar-refractivity contribution < 1.29 is 4.42 Å². The summed E-state index contributed by atoms with van der Waals surface area (Å²) in [4.78, 5) is 4.04. The molecule has 1 rings (SSSR count). The molecule has 0 aromatic carbocycles. The van der Waals surface area contributed by atoms with E-state index in [2.05, 4.69) is 27.8 Å². The summed E-state index contributed by atoms with van der Waals surface area (Å²) in [6.07, 6.45) is 4.10. The van der Waals surface area contributed by atoms with Crippen LogP contribution in [0.2, 0.25) is 0 Å². The summed E-state index contributed by atoms with van der Waals surface area (Å²) >= 11 is 4.86. The smallest absolute Gasteiger partial charge is 0.256 e. The van der Waals surface area contributed by atoms with E-state index in [4.69, 9.17) is 4.42 Å². The van der Waals surface area contributed by atoms with Crippen LogP contribution in [0, 0.1) is 0 Å². The Morgan fingerprint density at radius 3 is 3.09 bits per heavy atom. The predicted octanol–water partition coefficient (Wildman–Crippen LogP) is 3.33. The van der Waals surface area contributed by atoms with Gasteiger partial charge in [-0.05, 0) is 22.4 Å². The molecule has 0 amide bonds. The minimum atomic E-state index is 0.705. The van der Waals surface area contributed by atoms with Crippen LogP contribution in [0.5, 0.6) is 0 Å². The molecule has 11 heavy (non-hydrogen) atoms. The fraction of sp³-hybridized carbons (Fsp3) is 0.571. The largest absolute Gasteiger partial charge is 0.424 e. The number of rotatable bonds is 4. The molecule has 0 aliphatic heterocycles. The van der Waals surface area contributed by atoms with Crippen LogP contribution < -0.4 is 0 Å². The molecule has 0 aliphatic carbocycles. The third-order valence-corrected chi connectivity index (χ3v) is 2.47. The van der Waals surface area contributed by atoms with Crippen molar-refractivity contribution >= 4 is 27.7 Å². The van der Waals surface area contributed by atoms with Crippen molar-refractivity contribution in [2.24, 2.45) is 0 Å². The Kier molecular flexibility index (Phi) is 4.01. The van der Waals surface area contributed by atoms with Crippen LogP contribution in [0.15, 0.2) is 20.5 Å². The van der Waals surface area contributed by atoms with Gasteiger partial charge in [0.1, 0.15) is 0 Å². The van der Waals surface area contributed by atoms with Gasteiger partial charge in [-0.3, -0.25) is 0 Å². The molecular weight excluding hydrogens is 226 g/mol. The third kappa shape index (κ3) is 3.29. The van der Waals surface area contributed by atoms with Gasteiger partial charge in [-0.2, -0.15) is 0 Å². The first-order valence-corrected chi connectivity index (χ1v) is 5.35. The second kappa shape index (κ2) is 4.83. The van der Waals surface area contributed by atoms with Gasteiger partial charge in [0.2, 0.25) is 0 Å². The zero-order valence-corrected chi connectivity index (χ0v) is 8.74. The summed E-state index contributed by atoms with van der Waals surface area (Å²) in [7, 11) is 0. The van der Waals surface area contributed by atoms with Crippen molar-refractivity contribution in [3.63, 3.8) is 0 Å². The lowest BCUT2D eigenvalue weighted by Crippen LogP contribution is -1.76. The van der Waals surface area contributed by atoms with Gasteiger partial charge in [-0.25, -0.2) is 4.98 Å². The summed E-state index contributed by atoms with van der Waals surface area (Å²) < 4.78 is 5.90. The number of oxazole rings is 1. The molecule has 0 spiro atoms. The molecule has 0 fully saturated rings. The average Bonchev–Trinajstić information content (AvgIpc) is 2.37. The molecule has 0 bridgehead atoms. The van der Waals surface area contributed by atoms with Crippen LogP contribution in [0.1, 0.15) is 19.8 Å². The Balaban J connectivity index is 2.27. The first-order chi connectivity index (χ1) is 5.33. The molecular formula is C7H10BrNOS. The number of hydrogen-bond acceptors (Lipinski definition) is 3. The van der Waals surface area contributed by atoms with Gasteiger partial charge in [-0.1, -0.05) is 25.1 Å². The Bertz CT molecular complexity index is 214. The molecule has 0 unspecified atom stereocenters. The van der Waals surface area contributed by atoms with Crippen LogP contribution in [0.25, 0.3) is 0 Å². The lowest BCUT2D eigenvalue weighted by atomic mass is 10.4. The number of nitrogens with zero attached hydrogens (tertiary/aromatic N) is 1. The quantitative estimate of drug-likeness (QED) is 0.592. The van der Waals surface area contributed by atoms with Crippen LogP contribution in [-0.2, 0) is 0 Å². The highest BCUT2D eigenvalue weighted by Gasteiger charge is 1.99. The number of unbranched alkanes of at least 4 members (excludes halogenated alkanes) is 1. The van der Waals surface area contributed by atoms with E-state index in [9.17, 15) is 0 Å². The zero-order chi connectivity index (χ0) is 8.10. The first-order valence-electron chi connectivity index (χ1n) is 3.57. The highest BCUT2D eigenvalue weighted by Crippen LogP contribution is 2.21. The number of hydrogen-bond donors (Lipinski definition) is 0. The van der Waals surface area contributed by atoms with Crippen LogP contribution in [0.3, 0.4) is 0 Å². The Hall–Kier alpha value is 0.0400. The molecule has 62 valence electrons. The fourth-order valence-electron chi connectivity index (χ4n) is 0.610. The topological polar surface area (TPSA) is 26.0 Å². The zero-order valence-electron chi connectivity index (χ0n) is 6.34. The standard InChI is InChI=1S/C7H10BrNOS/c1-2-3-4-11-7-9-5-6(8)10-7/h5H,2-4H2,1H3.